The Balaban J connectivity index is 2.14. The van der Waals surface area contributed by atoms with E-state index in [-0.39, 0.29) is 11.7 Å². The third-order valence-corrected chi connectivity index (χ3v) is 4.13. The molecule has 0 aromatic heterocycles. The van der Waals surface area contributed by atoms with Gasteiger partial charge in [0.25, 0.3) is 0 Å². The van der Waals surface area contributed by atoms with E-state index in [9.17, 15) is 4.79 Å². The minimum atomic E-state index is 0.00521. The summed E-state index contributed by atoms with van der Waals surface area (Å²) in [5.74, 6) is 1.44. The van der Waals surface area contributed by atoms with Crippen molar-refractivity contribution in [2.45, 2.75) is 12.3 Å². The lowest BCUT2D eigenvalue weighted by molar-refractivity contribution is 0.0991. The van der Waals surface area contributed by atoms with Crippen molar-refractivity contribution in [3.63, 3.8) is 0 Å². The lowest BCUT2D eigenvalue weighted by atomic mass is 9.92. The van der Waals surface area contributed by atoms with E-state index < -0.39 is 0 Å². The molecule has 1 aliphatic carbocycles. The van der Waals surface area contributed by atoms with Gasteiger partial charge in [-0.1, -0.05) is 23.7 Å². The molecule has 2 aromatic rings. The highest BCUT2D eigenvalue weighted by Crippen LogP contribution is 2.45. The molecule has 3 rings (SSSR count). The van der Waals surface area contributed by atoms with Crippen LogP contribution in [0.15, 0.2) is 36.4 Å². The minimum absolute atomic E-state index is 0.00521. The number of carbonyl (C=O) groups excluding carboxylic acids is 1. The Labute approximate surface area is 128 Å². The summed E-state index contributed by atoms with van der Waals surface area (Å²) in [7, 11) is 3.19. The van der Waals surface area contributed by atoms with Crippen molar-refractivity contribution in [2.24, 2.45) is 0 Å². The molecule has 0 fully saturated rings. The largest absolute Gasteiger partial charge is 0.497 e. The van der Waals surface area contributed by atoms with Gasteiger partial charge in [0.05, 0.1) is 14.2 Å². The highest BCUT2D eigenvalue weighted by atomic mass is 35.5. The van der Waals surface area contributed by atoms with Gasteiger partial charge < -0.3 is 9.47 Å². The fourth-order valence-electron chi connectivity index (χ4n) is 2.86. The zero-order chi connectivity index (χ0) is 15.0. The van der Waals surface area contributed by atoms with Crippen LogP contribution in [0, 0.1) is 0 Å². The maximum Gasteiger partial charge on any atom is 0.164 e. The smallest absolute Gasteiger partial charge is 0.164 e. The molecule has 0 heterocycles. The monoisotopic (exact) mass is 302 g/mol. The van der Waals surface area contributed by atoms with Crippen molar-refractivity contribution in [3.05, 3.63) is 58.1 Å². The van der Waals surface area contributed by atoms with Crippen LogP contribution in [0.5, 0.6) is 11.5 Å². The summed E-state index contributed by atoms with van der Waals surface area (Å²) in [6, 6.07) is 11.2. The molecule has 0 N–H and O–H groups in total. The average Bonchev–Trinajstić information content (AvgIpc) is 2.84. The van der Waals surface area contributed by atoms with Crippen molar-refractivity contribution >= 4 is 17.4 Å². The van der Waals surface area contributed by atoms with Crippen molar-refractivity contribution in [1.29, 1.82) is 0 Å². The number of hydrogen-bond donors (Lipinski definition) is 0. The Morgan fingerprint density at radius 2 is 1.81 bits per heavy atom. The summed E-state index contributed by atoms with van der Waals surface area (Å²) in [5, 5.41) is 0.685. The zero-order valence-electron chi connectivity index (χ0n) is 11.9. The van der Waals surface area contributed by atoms with Gasteiger partial charge in [0.15, 0.2) is 5.78 Å². The summed E-state index contributed by atoms with van der Waals surface area (Å²) in [6.07, 6.45) is 0.445. The SMILES string of the molecule is COc1cc(OC)c2c(c1)C(=O)C[C@H]2c1ccc(Cl)cc1. The number of benzene rings is 2. The summed E-state index contributed by atoms with van der Waals surface area (Å²) < 4.78 is 10.7. The molecule has 0 bridgehead atoms. The van der Waals surface area contributed by atoms with E-state index in [0.29, 0.717) is 28.5 Å². The molecule has 0 amide bonds. The normalized spacial score (nSPS) is 16.7. The molecule has 21 heavy (non-hydrogen) atoms. The van der Waals surface area contributed by atoms with Gasteiger partial charge in [-0.05, 0) is 23.8 Å². The van der Waals surface area contributed by atoms with Gasteiger partial charge in [-0.25, -0.2) is 0 Å². The molecule has 0 spiro atoms. The molecule has 2 aromatic carbocycles. The molecule has 3 nitrogen and oxygen atoms in total. The molecule has 1 atom stereocenters. The Bertz CT molecular complexity index is 692. The van der Waals surface area contributed by atoms with Gasteiger partial charge in [-0.15, -0.1) is 0 Å². The summed E-state index contributed by atoms with van der Waals surface area (Å²) in [4.78, 5) is 12.3. The number of ketones is 1. The molecule has 1 aliphatic rings. The highest BCUT2D eigenvalue weighted by Gasteiger charge is 2.34. The fourth-order valence-corrected chi connectivity index (χ4v) is 2.98. The number of halogens is 1. The van der Waals surface area contributed by atoms with Gasteiger partial charge >= 0.3 is 0 Å². The number of hydrogen-bond acceptors (Lipinski definition) is 3. The van der Waals surface area contributed by atoms with Crippen molar-refractivity contribution in [2.75, 3.05) is 14.2 Å². The maximum absolute atomic E-state index is 12.3. The minimum Gasteiger partial charge on any atom is -0.497 e. The second kappa shape index (κ2) is 5.41. The van der Waals surface area contributed by atoms with Crippen LogP contribution < -0.4 is 9.47 Å². The molecule has 0 saturated heterocycles. The molecule has 0 unspecified atom stereocenters. The molecular weight excluding hydrogens is 288 g/mol. The quantitative estimate of drug-likeness (QED) is 0.857. The van der Waals surface area contributed by atoms with Crippen LogP contribution in [0.25, 0.3) is 0 Å². The maximum atomic E-state index is 12.3. The van der Waals surface area contributed by atoms with Crippen LogP contribution >= 0.6 is 11.6 Å². The topological polar surface area (TPSA) is 35.5 Å². The average molecular weight is 303 g/mol. The predicted octanol–water partition coefficient (Wildman–Crippen LogP) is 4.08. The fraction of sp³-hybridized carbons (Fsp3) is 0.235. The molecule has 4 heteroatoms. The molecular formula is C17H15ClO3. The van der Waals surface area contributed by atoms with E-state index >= 15 is 0 Å². The first-order valence-electron chi connectivity index (χ1n) is 6.68. The van der Waals surface area contributed by atoms with E-state index in [1.165, 1.54) is 0 Å². The highest BCUT2D eigenvalue weighted by molar-refractivity contribution is 6.30. The summed E-state index contributed by atoms with van der Waals surface area (Å²) in [6.45, 7) is 0. The standard InChI is InChI=1S/C17H15ClO3/c1-20-12-7-14-15(19)9-13(17(14)16(8-12)21-2)10-3-5-11(18)6-4-10/h3-8,13H,9H2,1-2H3/t13-/m0/s1. The van der Waals surface area contributed by atoms with Gasteiger partial charge in [-0.3, -0.25) is 4.79 Å². The summed E-state index contributed by atoms with van der Waals surface area (Å²) in [5.41, 5.74) is 2.69. The number of methoxy groups -OCH3 is 2. The lowest BCUT2D eigenvalue weighted by Gasteiger charge is -2.16. The van der Waals surface area contributed by atoms with Crippen molar-refractivity contribution in [3.8, 4) is 11.5 Å². The van der Waals surface area contributed by atoms with Gasteiger partial charge in [0, 0.05) is 34.6 Å². The molecule has 0 saturated carbocycles. The number of rotatable bonds is 3. The van der Waals surface area contributed by atoms with Crippen LogP contribution in [0.1, 0.15) is 33.8 Å². The van der Waals surface area contributed by atoms with Crippen LogP contribution in [0.3, 0.4) is 0 Å². The number of ether oxygens (including phenoxy) is 2. The first-order valence-corrected chi connectivity index (χ1v) is 7.06. The van der Waals surface area contributed by atoms with Gasteiger partial charge in [0.2, 0.25) is 0 Å². The predicted molar refractivity (Wildman–Crippen MR) is 81.8 cm³/mol. The van der Waals surface area contributed by atoms with Crippen LogP contribution in [0.2, 0.25) is 5.02 Å². The van der Waals surface area contributed by atoms with Crippen LogP contribution in [-0.2, 0) is 0 Å². The second-order valence-corrected chi connectivity index (χ2v) is 5.46. The van der Waals surface area contributed by atoms with E-state index in [4.69, 9.17) is 21.1 Å². The van der Waals surface area contributed by atoms with E-state index in [1.54, 1.807) is 20.3 Å². The first kappa shape index (κ1) is 14.0. The van der Waals surface area contributed by atoms with Gasteiger partial charge in [-0.2, -0.15) is 0 Å². The zero-order valence-corrected chi connectivity index (χ0v) is 12.6. The van der Waals surface area contributed by atoms with E-state index in [0.717, 1.165) is 11.1 Å². The van der Waals surface area contributed by atoms with Crippen molar-refractivity contribution < 1.29 is 14.3 Å². The lowest BCUT2D eigenvalue weighted by Crippen LogP contribution is -2.00. The van der Waals surface area contributed by atoms with E-state index in [2.05, 4.69) is 0 Å². The third kappa shape index (κ3) is 2.38. The molecule has 0 radical (unpaired) electrons. The Hall–Kier alpha value is -2.00. The third-order valence-electron chi connectivity index (χ3n) is 3.88. The number of fused-ring (bicyclic) bond motifs is 1. The number of carbonyl (C=O) groups is 1. The molecule has 0 aliphatic heterocycles. The van der Waals surface area contributed by atoms with E-state index in [1.807, 2.05) is 30.3 Å². The Morgan fingerprint density at radius 3 is 2.43 bits per heavy atom. The first-order chi connectivity index (χ1) is 10.1. The van der Waals surface area contributed by atoms with Crippen LogP contribution in [-0.4, -0.2) is 20.0 Å². The Kier molecular flexibility index (Phi) is 3.60. The van der Waals surface area contributed by atoms with Gasteiger partial charge in [0.1, 0.15) is 11.5 Å². The second-order valence-electron chi connectivity index (χ2n) is 5.02. The van der Waals surface area contributed by atoms with Crippen LogP contribution in [0.4, 0.5) is 0 Å². The number of Topliss-reactive ketones (excluding diaryl/α,β-unsaturated/α-hetero) is 1. The summed E-state index contributed by atoms with van der Waals surface area (Å²) >= 11 is 5.94. The Morgan fingerprint density at radius 1 is 1.10 bits per heavy atom. The van der Waals surface area contributed by atoms with Crippen molar-refractivity contribution in [1.82, 2.24) is 0 Å². The molecule has 108 valence electrons.